The Labute approximate surface area is 166 Å². The summed E-state index contributed by atoms with van der Waals surface area (Å²) in [5, 5.41) is 0. The third-order valence-corrected chi connectivity index (χ3v) is 6.14. The summed E-state index contributed by atoms with van der Waals surface area (Å²) in [5.41, 5.74) is 12.8. The summed E-state index contributed by atoms with van der Waals surface area (Å²) in [6, 6.07) is 5.77. The Bertz CT molecular complexity index is 1010. The summed E-state index contributed by atoms with van der Waals surface area (Å²) in [4.78, 5) is 54.3. The molecule has 8 heteroatoms. The number of carbonyl (C=O) groups is 4. The van der Waals surface area contributed by atoms with E-state index in [9.17, 15) is 19.2 Å². The van der Waals surface area contributed by atoms with Gasteiger partial charge >= 0.3 is 0 Å². The van der Waals surface area contributed by atoms with Crippen molar-refractivity contribution in [2.24, 2.45) is 29.4 Å². The first kappa shape index (κ1) is 17.4. The van der Waals surface area contributed by atoms with Crippen LogP contribution in [0.25, 0.3) is 0 Å². The second-order valence-corrected chi connectivity index (χ2v) is 7.65. The van der Waals surface area contributed by atoms with E-state index in [1.165, 1.54) is 0 Å². The topological polar surface area (TPSA) is 127 Å². The first-order chi connectivity index (χ1) is 13.9. The molecule has 2 heterocycles. The fraction of sp³-hybridized carbons (Fsp3) is 0.238. The van der Waals surface area contributed by atoms with E-state index in [0.29, 0.717) is 17.1 Å². The SMILES string of the molecule is NC1=CC=CC(N2C(=O)C3C4C(=O)N(c5ccc(N)cc5)C(=O)C4C3C2=O)C=C1. The number of likely N-dealkylation sites (tertiary alicyclic amines) is 1. The quantitative estimate of drug-likeness (QED) is 0.553. The number of hydrogen-bond donors (Lipinski definition) is 2. The second kappa shape index (κ2) is 5.91. The van der Waals surface area contributed by atoms with Crippen molar-refractivity contribution in [2.75, 3.05) is 10.6 Å². The predicted molar refractivity (Wildman–Crippen MR) is 103 cm³/mol. The van der Waals surface area contributed by atoms with Crippen molar-refractivity contribution in [3.63, 3.8) is 0 Å². The molecule has 5 unspecified atom stereocenters. The minimum Gasteiger partial charge on any atom is -0.399 e. The Kier molecular flexibility index (Phi) is 3.55. The average molecular weight is 390 g/mol. The minimum atomic E-state index is -0.798. The lowest BCUT2D eigenvalue weighted by molar-refractivity contribution is -0.146. The lowest BCUT2D eigenvalue weighted by Crippen LogP contribution is -2.50. The highest BCUT2D eigenvalue weighted by molar-refractivity contribution is 6.27. The van der Waals surface area contributed by atoms with Crippen molar-refractivity contribution >= 4 is 35.0 Å². The van der Waals surface area contributed by atoms with Crippen molar-refractivity contribution in [1.29, 1.82) is 0 Å². The van der Waals surface area contributed by atoms with E-state index in [2.05, 4.69) is 0 Å². The van der Waals surface area contributed by atoms with Crippen LogP contribution in [0.3, 0.4) is 0 Å². The number of anilines is 2. The fourth-order valence-corrected chi connectivity index (χ4v) is 4.77. The molecular weight excluding hydrogens is 372 g/mol. The molecule has 2 aliphatic heterocycles. The van der Waals surface area contributed by atoms with Crippen LogP contribution in [-0.4, -0.2) is 34.6 Å². The van der Waals surface area contributed by atoms with Crippen molar-refractivity contribution in [3.8, 4) is 0 Å². The van der Waals surface area contributed by atoms with Gasteiger partial charge in [-0.3, -0.25) is 29.0 Å². The average Bonchev–Trinajstić information content (AvgIpc) is 2.87. The van der Waals surface area contributed by atoms with Gasteiger partial charge in [0.25, 0.3) is 0 Å². The molecule has 1 saturated carbocycles. The summed E-state index contributed by atoms with van der Waals surface area (Å²) < 4.78 is 0. The number of amides is 4. The molecule has 0 radical (unpaired) electrons. The zero-order valence-electron chi connectivity index (χ0n) is 15.3. The van der Waals surface area contributed by atoms with E-state index >= 15 is 0 Å². The van der Waals surface area contributed by atoms with Crippen LogP contribution in [0.1, 0.15) is 0 Å². The number of allylic oxidation sites excluding steroid dienone is 3. The molecule has 5 rings (SSSR count). The van der Waals surface area contributed by atoms with Crippen molar-refractivity contribution in [1.82, 2.24) is 4.90 Å². The highest BCUT2D eigenvalue weighted by Crippen LogP contribution is 2.57. The minimum absolute atomic E-state index is 0.398. The molecule has 8 nitrogen and oxygen atoms in total. The van der Waals surface area contributed by atoms with Crippen molar-refractivity contribution < 1.29 is 19.2 Å². The van der Waals surface area contributed by atoms with Gasteiger partial charge in [0.1, 0.15) is 0 Å². The van der Waals surface area contributed by atoms with E-state index in [1.54, 1.807) is 54.6 Å². The molecule has 5 atom stereocenters. The lowest BCUT2D eigenvalue weighted by atomic mass is 9.59. The van der Waals surface area contributed by atoms with E-state index in [1.807, 2.05) is 0 Å². The number of nitrogen functional groups attached to an aromatic ring is 1. The van der Waals surface area contributed by atoms with Gasteiger partial charge in [-0.25, -0.2) is 0 Å². The fourth-order valence-electron chi connectivity index (χ4n) is 4.77. The van der Waals surface area contributed by atoms with Gasteiger partial charge in [0.15, 0.2) is 0 Å². The van der Waals surface area contributed by atoms with Crippen LogP contribution in [0.2, 0.25) is 0 Å². The summed E-state index contributed by atoms with van der Waals surface area (Å²) in [7, 11) is 0. The number of nitrogens with two attached hydrogens (primary N) is 2. The van der Waals surface area contributed by atoms with E-state index in [-0.39, 0.29) is 0 Å². The molecule has 0 bridgehead atoms. The van der Waals surface area contributed by atoms with Gasteiger partial charge in [0.2, 0.25) is 23.6 Å². The Hall–Kier alpha value is -3.68. The van der Waals surface area contributed by atoms with Crippen LogP contribution in [-0.2, 0) is 19.2 Å². The largest absolute Gasteiger partial charge is 0.399 e. The second-order valence-electron chi connectivity index (χ2n) is 7.65. The van der Waals surface area contributed by atoms with E-state index in [0.717, 1.165) is 9.80 Å². The molecule has 4 aliphatic rings. The lowest BCUT2D eigenvalue weighted by Gasteiger charge is -2.36. The highest BCUT2D eigenvalue weighted by atomic mass is 16.2. The first-order valence-corrected chi connectivity index (χ1v) is 9.32. The monoisotopic (exact) mass is 390 g/mol. The molecule has 1 aromatic carbocycles. The summed E-state index contributed by atoms with van der Waals surface area (Å²) in [6.45, 7) is 0. The number of imide groups is 2. The third kappa shape index (κ3) is 2.25. The molecule has 2 saturated heterocycles. The Balaban J connectivity index is 1.45. The third-order valence-electron chi connectivity index (χ3n) is 6.14. The molecule has 0 aromatic heterocycles. The zero-order valence-corrected chi connectivity index (χ0v) is 15.3. The molecular formula is C21H18N4O4. The maximum absolute atomic E-state index is 13.0. The van der Waals surface area contributed by atoms with Crippen molar-refractivity contribution in [3.05, 3.63) is 60.3 Å². The van der Waals surface area contributed by atoms with Gasteiger partial charge in [-0.05, 0) is 36.4 Å². The number of benzene rings is 1. The van der Waals surface area contributed by atoms with Crippen LogP contribution in [0.5, 0.6) is 0 Å². The normalized spacial score (nSPS) is 32.8. The van der Waals surface area contributed by atoms with E-state index in [4.69, 9.17) is 11.5 Å². The van der Waals surface area contributed by atoms with Gasteiger partial charge in [0.05, 0.1) is 35.4 Å². The standard InChI is InChI=1S/C21H18N4O4/c22-10-2-1-3-12(7-4-10)24-18(26)14-15(19(24)27)17-16(14)20(28)25(21(17)29)13-8-5-11(23)6-9-13/h1-9,12,14-17H,22-23H2. The van der Waals surface area contributed by atoms with Crippen LogP contribution >= 0.6 is 0 Å². The Morgan fingerprint density at radius 3 is 1.86 bits per heavy atom. The Morgan fingerprint density at radius 1 is 0.724 bits per heavy atom. The van der Waals surface area contributed by atoms with Gasteiger partial charge in [-0.15, -0.1) is 0 Å². The number of carbonyl (C=O) groups excluding carboxylic acids is 4. The summed E-state index contributed by atoms with van der Waals surface area (Å²) in [5.74, 6) is -4.89. The summed E-state index contributed by atoms with van der Waals surface area (Å²) >= 11 is 0. The maximum Gasteiger partial charge on any atom is 0.238 e. The molecule has 4 N–H and O–H groups in total. The molecule has 146 valence electrons. The zero-order chi connectivity index (χ0) is 20.4. The molecule has 0 spiro atoms. The predicted octanol–water partition coefficient (Wildman–Crippen LogP) is 0.326. The smallest absolute Gasteiger partial charge is 0.238 e. The van der Waals surface area contributed by atoms with Crippen LogP contribution in [0.4, 0.5) is 11.4 Å². The first-order valence-electron chi connectivity index (χ1n) is 9.32. The van der Waals surface area contributed by atoms with Gasteiger partial charge in [-0.1, -0.05) is 18.2 Å². The van der Waals surface area contributed by atoms with Crippen molar-refractivity contribution in [2.45, 2.75) is 6.04 Å². The maximum atomic E-state index is 13.0. The van der Waals surface area contributed by atoms with Crippen LogP contribution in [0, 0.1) is 23.7 Å². The summed E-state index contributed by atoms with van der Waals surface area (Å²) in [6.07, 6.45) is 8.33. The molecule has 2 aliphatic carbocycles. The highest BCUT2D eigenvalue weighted by Gasteiger charge is 2.73. The molecule has 1 aromatic rings. The van der Waals surface area contributed by atoms with Gasteiger partial charge in [0, 0.05) is 11.4 Å². The van der Waals surface area contributed by atoms with Gasteiger partial charge in [-0.2, -0.15) is 0 Å². The molecule has 4 amide bonds. The number of hydrogen-bond acceptors (Lipinski definition) is 6. The Morgan fingerprint density at radius 2 is 1.28 bits per heavy atom. The van der Waals surface area contributed by atoms with Crippen LogP contribution < -0.4 is 16.4 Å². The van der Waals surface area contributed by atoms with Gasteiger partial charge < -0.3 is 11.5 Å². The van der Waals surface area contributed by atoms with Crippen LogP contribution in [0.15, 0.2) is 60.3 Å². The number of nitrogens with zero attached hydrogens (tertiary/aromatic N) is 2. The number of fused-ring (bicyclic) bond motifs is 4. The van der Waals surface area contributed by atoms with E-state index < -0.39 is 53.3 Å². The molecule has 3 fully saturated rings. The molecule has 29 heavy (non-hydrogen) atoms. The number of rotatable bonds is 2.